The standard InChI is InChI=1S/C18H16FN5O/c19-12-7-5-11(6-8-12)16-15(17(20)24(23-16)9-10-25)18-21-13-3-1-2-4-14(13)22-18/h1-8,25H,9-10,20H2,(H,21,22). The maximum Gasteiger partial charge on any atom is 0.144 e. The first-order valence-electron chi connectivity index (χ1n) is 7.85. The molecule has 4 aromatic rings. The predicted octanol–water partition coefficient (Wildman–Crippen LogP) is 2.81. The van der Waals surface area contributed by atoms with E-state index in [1.807, 2.05) is 24.3 Å². The van der Waals surface area contributed by atoms with Crippen LogP contribution in [-0.2, 0) is 6.54 Å². The summed E-state index contributed by atoms with van der Waals surface area (Å²) in [5, 5.41) is 13.7. The molecule has 0 atom stereocenters. The van der Waals surface area contributed by atoms with Crippen molar-refractivity contribution >= 4 is 16.9 Å². The molecule has 7 heteroatoms. The molecule has 25 heavy (non-hydrogen) atoms. The topological polar surface area (TPSA) is 92.8 Å². The van der Waals surface area contributed by atoms with E-state index in [9.17, 15) is 9.50 Å². The van der Waals surface area contributed by atoms with E-state index in [1.54, 1.807) is 12.1 Å². The molecule has 0 bridgehead atoms. The Hall–Kier alpha value is -3.19. The van der Waals surface area contributed by atoms with Crippen molar-refractivity contribution in [1.29, 1.82) is 0 Å². The third-order valence-electron chi connectivity index (χ3n) is 4.05. The van der Waals surface area contributed by atoms with E-state index in [1.165, 1.54) is 16.8 Å². The third kappa shape index (κ3) is 2.64. The van der Waals surface area contributed by atoms with Crippen LogP contribution < -0.4 is 5.73 Å². The summed E-state index contributed by atoms with van der Waals surface area (Å²) in [5.74, 6) is 0.659. The highest BCUT2D eigenvalue weighted by Gasteiger charge is 2.21. The summed E-state index contributed by atoms with van der Waals surface area (Å²) in [6.45, 7) is 0.175. The maximum absolute atomic E-state index is 13.3. The maximum atomic E-state index is 13.3. The quantitative estimate of drug-likeness (QED) is 0.534. The van der Waals surface area contributed by atoms with Gasteiger partial charge >= 0.3 is 0 Å². The van der Waals surface area contributed by atoms with Crippen molar-refractivity contribution in [3.8, 4) is 22.6 Å². The molecule has 2 aromatic heterocycles. The van der Waals surface area contributed by atoms with E-state index in [2.05, 4.69) is 15.1 Å². The summed E-state index contributed by atoms with van der Waals surface area (Å²) in [6.07, 6.45) is 0. The summed E-state index contributed by atoms with van der Waals surface area (Å²) >= 11 is 0. The zero-order valence-electron chi connectivity index (χ0n) is 13.3. The molecule has 0 radical (unpaired) electrons. The highest BCUT2D eigenvalue weighted by Crippen LogP contribution is 2.35. The molecule has 0 aliphatic heterocycles. The average molecular weight is 337 g/mol. The van der Waals surface area contributed by atoms with Gasteiger partial charge in [-0.3, -0.25) is 0 Å². The number of nitrogens with one attached hydrogen (secondary N) is 1. The third-order valence-corrected chi connectivity index (χ3v) is 4.05. The van der Waals surface area contributed by atoms with Crippen LogP contribution in [0.15, 0.2) is 48.5 Å². The molecule has 0 amide bonds. The van der Waals surface area contributed by atoms with Crippen molar-refractivity contribution in [2.75, 3.05) is 12.3 Å². The first-order valence-corrected chi connectivity index (χ1v) is 7.85. The SMILES string of the molecule is Nc1c(-c2nc3ccccc3[nH]2)c(-c2ccc(F)cc2)nn1CCO. The van der Waals surface area contributed by atoms with E-state index in [0.717, 1.165) is 16.6 Å². The smallest absolute Gasteiger partial charge is 0.144 e. The zero-order valence-corrected chi connectivity index (χ0v) is 13.3. The molecule has 0 saturated carbocycles. The summed E-state index contributed by atoms with van der Waals surface area (Å²) in [4.78, 5) is 7.84. The van der Waals surface area contributed by atoms with Crippen molar-refractivity contribution in [2.45, 2.75) is 6.54 Å². The number of anilines is 1. The molecule has 2 aromatic carbocycles. The summed E-state index contributed by atoms with van der Waals surface area (Å²) < 4.78 is 14.8. The molecule has 0 unspecified atom stereocenters. The van der Waals surface area contributed by atoms with E-state index >= 15 is 0 Å². The van der Waals surface area contributed by atoms with Gasteiger partial charge < -0.3 is 15.8 Å². The number of aromatic nitrogens is 4. The number of aliphatic hydroxyl groups excluding tert-OH is 1. The normalized spacial score (nSPS) is 11.3. The lowest BCUT2D eigenvalue weighted by atomic mass is 10.1. The molecule has 126 valence electrons. The molecule has 6 nitrogen and oxygen atoms in total. The molecule has 0 fully saturated rings. The predicted molar refractivity (Wildman–Crippen MR) is 94.2 cm³/mol. The number of hydrogen-bond acceptors (Lipinski definition) is 4. The largest absolute Gasteiger partial charge is 0.394 e. The minimum atomic E-state index is -0.322. The first-order chi connectivity index (χ1) is 12.2. The van der Waals surface area contributed by atoms with Crippen LogP contribution in [0.2, 0.25) is 0 Å². The number of aliphatic hydroxyl groups is 1. The lowest BCUT2D eigenvalue weighted by Crippen LogP contribution is -2.07. The lowest BCUT2D eigenvalue weighted by molar-refractivity contribution is 0.270. The lowest BCUT2D eigenvalue weighted by Gasteiger charge is -2.01. The van der Waals surface area contributed by atoms with Gasteiger partial charge in [0, 0.05) is 5.56 Å². The minimum Gasteiger partial charge on any atom is -0.394 e. The molecule has 0 spiro atoms. The van der Waals surface area contributed by atoms with Gasteiger partial charge in [0.15, 0.2) is 0 Å². The zero-order chi connectivity index (χ0) is 17.4. The number of nitrogens with two attached hydrogens (primary N) is 1. The second-order valence-electron chi connectivity index (χ2n) is 5.67. The summed E-state index contributed by atoms with van der Waals surface area (Å²) in [5.41, 5.74) is 9.91. The number of imidazole rings is 1. The number of fused-ring (bicyclic) bond motifs is 1. The number of aromatic amines is 1. The van der Waals surface area contributed by atoms with Gasteiger partial charge in [-0.1, -0.05) is 12.1 Å². The van der Waals surface area contributed by atoms with Gasteiger partial charge in [0.05, 0.1) is 29.7 Å². The Balaban J connectivity index is 1.94. The van der Waals surface area contributed by atoms with Crippen LogP contribution in [0.3, 0.4) is 0 Å². The summed E-state index contributed by atoms with van der Waals surface area (Å²) in [7, 11) is 0. The number of H-pyrrole nitrogens is 1. The molecular formula is C18H16FN5O. The molecule has 0 saturated heterocycles. The highest BCUT2D eigenvalue weighted by atomic mass is 19.1. The van der Waals surface area contributed by atoms with E-state index in [-0.39, 0.29) is 19.0 Å². The number of halogens is 1. The van der Waals surface area contributed by atoms with Crippen molar-refractivity contribution in [3.63, 3.8) is 0 Å². The monoisotopic (exact) mass is 337 g/mol. The Bertz CT molecular complexity index is 1000. The number of para-hydroxylation sites is 2. The van der Waals surface area contributed by atoms with Crippen LogP contribution in [0.4, 0.5) is 10.2 Å². The number of benzene rings is 2. The first kappa shape index (κ1) is 15.3. The van der Waals surface area contributed by atoms with Crippen LogP contribution in [0, 0.1) is 5.82 Å². The van der Waals surface area contributed by atoms with Crippen LogP contribution >= 0.6 is 0 Å². The van der Waals surface area contributed by atoms with Crippen LogP contribution in [-0.4, -0.2) is 31.5 Å². The fourth-order valence-electron chi connectivity index (χ4n) is 2.85. The number of nitrogen functional groups attached to an aromatic ring is 1. The fourth-order valence-corrected chi connectivity index (χ4v) is 2.85. The molecule has 0 aliphatic rings. The highest BCUT2D eigenvalue weighted by molar-refractivity contribution is 5.89. The van der Waals surface area contributed by atoms with Gasteiger partial charge in [0.1, 0.15) is 23.2 Å². The minimum absolute atomic E-state index is 0.0890. The Labute approximate surface area is 142 Å². The van der Waals surface area contributed by atoms with Crippen molar-refractivity contribution < 1.29 is 9.50 Å². The van der Waals surface area contributed by atoms with Gasteiger partial charge in [0.25, 0.3) is 0 Å². The second-order valence-corrected chi connectivity index (χ2v) is 5.67. The van der Waals surface area contributed by atoms with Crippen LogP contribution in [0.5, 0.6) is 0 Å². The molecule has 0 aliphatic carbocycles. The molecule has 2 heterocycles. The van der Waals surface area contributed by atoms with Gasteiger partial charge in [-0.15, -0.1) is 0 Å². The number of rotatable bonds is 4. The van der Waals surface area contributed by atoms with Gasteiger partial charge in [0.2, 0.25) is 0 Å². The van der Waals surface area contributed by atoms with Gasteiger partial charge in [-0.05, 0) is 36.4 Å². The van der Waals surface area contributed by atoms with Crippen molar-refractivity contribution in [2.24, 2.45) is 0 Å². The van der Waals surface area contributed by atoms with Gasteiger partial charge in [-0.25, -0.2) is 14.1 Å². The fraction of sp³-hybridized carbons (Fsp3) is 0.111. The van der Waals surface area contributed by atoms with E-state index in [4.69, 9.17) is 5.73 Å². The Kier molecular flexibility index (Phi) is 3.70. The Morgan fingerprint density at radius 1 is 1.12 bits per heavy atom. The molecule has 4 N–H and O–H groups in total. The Morgan fingerprint density at radius 2 is 1.88 bits per heavy atom. The number of hydrogen-bond donors (Lipinski definition) is 3. The Morgan fingerprint density at radius 3 is 2.60 bits per heavy atom. The second kappa shape index (κ2) is 6.03. The van der Waals surface area contributed by atoms with Crippen molar-refractivity contribution in [1.82, 2.24) is 19.7 Å². The number of nitrogens with zero attached hydrogens (tertiary/aromatic N) is 3. The van der Waals surface area contributed by atoms with Crippen LogP contribution in [0.1, 0.15) is 0 Å². The van der Waals surface area contributed by atoms with Gasteiger partial charge in [-0.2, -0.15) is 5.10 Å². The average Bonchev–Trinajstić information content (AvgIpc) is 3.17. The summed E-state index contributed by atoms with van der Waals surface area (Å²) in [6, 6.07) is 13.7. The van der Waals surface area contributed by atoms with E-state index < -0.39 is 0 Å². The molecule has 4 rings (SSSR count). The van der Waals surface area contributed by atoms with Crippen molar-refractivity contribution in [3.05, 3.63) is 54.3 Å². The molecular weight excluding hydrogens is 321 g/mol. The van der Waals surface area contributed by atoms with Crippen LogP contribution in [0.25, 0.3) is 33.7 Å². The van der Waals surface area contributed by atoms with E-state index in [0.29, 0.717) is 22.9 Å².